The van der Waals surface area contributed by atoms with Gasteiger partial charge >= 0.3 is 12.1 Å². The zero-order valence-electron chi connectivity index (χ0n) is 15.4. The first kappa shape index (κ1) is 18.5. The Morgan fingerprint density at radius 2 is 1.88 bits per heavy atom. The summed E-state index contributed by atoms with van der Waals surface area (Å²) in [6, 6.07) is 7.74. The molecule has 1 fully saturated rings. The van der Waals surface area contributed by atoms with E-state index < -0.39 is 6.09 Å². The normalized spacial score (nSPS) is 14.9. The minimum atomic E-state index is -0.531. The molecule has 1 aliphatic rings. The SMILES string of the molecule is CN(C)CCc1cn(C(=O)OCOC(=O)C2CCCC2)c2ccccc12. The van der Waals surface area contributed by atoms with Gasteiger partial charge in [-0.15, -0.1) is 0 Å². The quantitative estimate of drug-likeness (QED) is 0.585. The number of carbonyl (C=O) groups excluding carboxylic acids is 2. The van der Waals surface area contributed by atoms with Crippen LogP contribution < -0.4 is 0 Å². The number of esters is 1. The van der Waals surface area contributed by atoms with E-state index in [4.69, 9.17) is 9.47 Å². The lowest BCUT2D eigenvalue weighted by Gasteiger charge is -2.10. The maximum Gasteiger partial charge on any atom is 0.421 e. The molecule has 26 heavy (non-hydrogen) atoms. The number of fused-ring (bicyclic) bond motifs is 1. The van der Waals surface area contributed by atoms with E-state index in [9.17, 15) is 9.59 Å². The van der Waals surface area contributed by atoms with Crippen LogP contribution in [-0.4, -0.2) is 49.0 Å². The molecule has 1 aliphatic carbocycles. The Bertz CT molecular complexity index is 775. The standard InChI is InChI=1S/C20H26N2O4/c1-21(2)12-11-16-13-22(18-10-6-5-9-17(16)18)20(24)26-14-25-19(23)15-7-3-4-8-15/h5-6,9-10,13,15H,3-4,7-8,11-12,14H2,1-2H3. The van der Waals surface area contributed by atoms with Crippen LogP contribution in [0, 0.1) is 5.92 Å². The fourth-order valence-corrected chi connectivity index (χ4v) is 3.43. The maximum absolute atomic E-state index is 12.5. The van der Waals surface area contributed by atoms with Gasteiger partial charge < -0.3 is 14.4 Å². The third-order valence-corrected chi connectivity index (χ3v) is 4.89. The zero-order chi connectivity index (χ0) is 18.5. The Kier molecular flexibility index (Phi) is 5.93. The number of carbonyl (C=O) groups is 2. The van der Waals surface area contributed by atoms with Crippen LogP contribution in [0.4, 0.5) is 4.79 Å². The van der Waals surface area contributed by atoms with Crippen LogP contribution in [0.15, 0.2) is 30.5 Å². The Hall–Kier alpha value is -2.34. The average Bonchev–Trinajstić information content (AvgIpc) is 3.28. The van der Waals surface area contributed by atoms with Gasteiger partial charge in [-0.25, -0.2) is 4.79 Å². The molecule has 1 aromatic carbocycles. The van der Waals surface area contributed by atoms with E-state index in [1.165, 1.54) is 4.57 Å². The second-order valence-corrected chi connectivity index (χ2v) is 7.07. The summed E-state index contributed by atoms with van der Waals surface area (Å²) in [4.78, 5) is 26.5. The number of likely N-dealkylation sites (N-methyl/N-ethyl adjacent to an activating group) is 1. The molecule has 1 saturated carbocycles. The van der Waals surface area contributed by atoms with E-state index in [-0.39, 0.29) is 18.7 Å². The number of rotatable bonds is 6. The van der Waals surface area contributed by atoms with Gasteiger partial charge in [-0.05, 0) is 45.0 Å². The van der Waals surface area contributed by atoms with Crippen molar-refractivity contribution in [3.8, 4) is 0 Å². The van der Waals surface area contributed by atoms with Gasteiger partial charge in [-0.2, -0.15) is 0 Å². The van der Waals surface area contributed by atoms with Crippen LogP contribution in [0.2, 0.25) is 0 Å². The maximum atomic E-state index is 12.5. The summed E-state index contributed by atoms with van der Waals surface area (Å²) in [5.41, 5.74) is 1.89. The van der Waals surface area contributed by atoms with Crippen molar-refractivity contribution in [2.75, 3.05) is 27.4 Å². The lowest BCUT2D eigenvalue weighted by Crippen LogP contribution is -2.20. The first-order valence-electron chi connectivity index (χ1n) is 9.13. The largest absolute Gasteiger partial charge is 0.428 e. The summed E-state index contributed by atoms with van der Waals surface area (Å²) in [6.07, 6.45) is 5.97. The van der Waals surface area contributed by atoms with Crippen molar-refractivity contribution in [2.24, 2.45) is 5.92 Å². The van der Waals surface area contributed by atoms with Crippen LogP contribution in [0.25, 0.3) is 10.9 Å². The highest BCUT2D eigenvalue weighted by atomic mass is 16.7. The van der Waals surface area contributed by atoms with Gasteiger partial charge in [0.15, 0.2) is 0 Å². The van der Waals surface area contributed by atoms with Crippen LogP contribution in [0.5, 0.6) is 0 Å². The van der Waals surface area contributed by atoms with Crippen LogP contribution >= 0.6 is 0 Å². The molecule has 0 N–H and O–H groups in total. The predicted molar refractivity (Wildman–Crippen MR) is 99.0 cm³/mol. The highest BCUT2D eigenvalue weighted by Gasteiger charge is 2.24. The Morgan fingerprint density at radius 3 is 2.62 bits per heavy atom. The van der Waals surface area contributed by atoms with Crippen molar-refractivity contribution < 1.29 is 19.1 Å². The molecule has 0 bridgehead atoms. The summed E-state index contributed by atoms with van der Waals surface area (Å²) < 4.78 is 11.8. The lowest BCUT2D eigenvalue weighted by atomic mass is 10.1. The summed E-state index contributed by atoms with van der Waals surface area (Å²) in [5, 5.41) is 1.04. The van der Waals surface area contributed by atoms with Gasteiger partial charge in [-0.1, -0.05) is 31.0 Å². The van der Waals surface area contributed by atoms with Crippen molar-refractivity contribution >= 4 is 23.0 Å². The molecule has 0 amide bonds. The smallest absolute Gasteiger partial charge is 0.421 e. The van der Waals surface area contributed by atoms with Crippen molar-refractivity contribution in [3.05, 3.63) is 36.0 Å². The molecule has 6 nitrogen and oxygen atoms in total. The minimum Gasteiger partial charge on any atom is -0.428 e. The number of benzene rings is 1. The number of hydrogen-bond acceptors (Lipinski definition) is 5. The van der Waals surface area contributed by atoms with Crippen LogP contribution in [0.3, 0.4) is 0 Å². The molecule has 0 atom stereocenters. The summed E-state index contributed by atoms with van der Waals surface area (Å²) in [5.74, 6) is -0.307. The summed E-state index contributed by atoms with van der Waals surface area (Å²) in [7, 11) is 4.04. The highest BCUT2D eigenvalue weighted by molar-refractivity contribution is 5.92. The van der Waals surface area contributed by atoms with Gasteiger partial charge in [0.1, 0.15) is 0 Å². The number of para-hydroxylation sites is 1. The molecule has 0 saturated heterocycles. The third-order valence-electron chi connectivity index (χ3n) is 4.89. The fraction of sp³-hybridized carbons (Fsp3) is 0.500. The number of aromatic nitrogens is 1. The van der Waals surface area contributed by atoms with E-state index in [2.05, 4.69) is 4.90 Å². The van der Waals surface area contributed by atoms with Gasteiger partial charge in [0, 0.05) is 18.1 Å². The van der Waals surface area contributed by atoms with Crippen LogP contribution in [0.1, 0.15) is 31.2 Å². The summed E-state index contributed by atoms with van der Waals surface area (Å²) >= 11 is 0. The van der Waals surface area contributed by atoms with Crippen molar-refractivity contribution in [1.29, 1.82) is 0 Å². The van der Waals surface area contributed by atoms with Crippen LogP contribution in [-0.2, 0) is 20.7 Å². The van der Waals surface area contributed by atoms with Gasteiger partial charge in [0.25, 0.3) is 0 Å². The number of nitrogens with zero attached hydrogens (tertiary/aromatic N) is 2. The van der Waals surface area contributed by atoms with E-state index >= 15 is 0 Å². The molecule has 0 spiro atoms. The topological polar surface area (TPSA) is 60.8 Å². The second kappa shape index (κ2) is 8.36. The van der Waals surface area contributed by atoms with Gasteiger partial charge in [0.05, 0.1) is 11.4 Å². The van der Waals surface area contributed by atoms with Crippen molar-refractivity contribution in [2.45, 2.75) is 32.1 Å². The first-order chi connectivity index (χ1) is 12.6. The van der Waals surface area contributed by atoms with E-state index in [1.54, 1.807) is 0 Å². The molecule has 140 valence electrons. The molecule has 1 heterocycles. The van der Waals surface area contributed by atoms with E-state index in [0.717, 1.165) is 55.1 Å². The molecular formula is C20H26N2O4. The molecule has 0 aliphatic heterocycles. The fourth-order valence-electron chi connectivity index (χ4n) is 3.43. The third kappa shape index (κ3) is 4.25. The molecule has 0 unspecified atom stereocenters. The second-order valence-electron chi connectivity index (χ2n) is 7.07. The minimum absolute atomic E-state index is 0.0428. The molecule has 2 aromatic rings. The molecule has 3 rings (SSSR count). The Labute approximate surface area is 153 Å². The molecular weight excluding hydrogens is 332 g/mol. The van der Waals surface area contributed by atoms with Gasteiger partial charge in [0.2, 0.25) is 6.79 Å². The van der Waals surface area contributed by atoms with Crippen molar-refractivity contribution in [3.63, 3.8) is 0 Å². The molecule has 0 radical (unpaired) electrons. The van der Waals surface area contributed by atoms with Crippen molar-refractivity contribution in [1.82, 2.24) is 9.47 Å². The predicted octanol–water partition coefficient (Wildman–Crippen LogP) is 3.42. The Morgan fingerprint density at radius 1 is 1.15 bits per heavy atom. The lowest BCUT2D eigenvalue weighted by molar-refractivity contribution is -0.156. The highest BCUT2D eigenvalue weighted by Crippen LogP contribution is 2.26. The summed E-state index contributed by atoms with van der Waals surface area (Å²) in [6.45, 7) is 0.551. The van der Waals surface area contributed by atoms with E-state index in [0.29, 0.717) is 0 Å². The number of ether oxygens (including phenoxy) is 2. The zero-order valence-corrected chi connectivity index (χ0v) is 15.4. The number of hydrogen-bond donors (Lipinski definition) is 0. The van der Waals surface area contributed by atoms with E-state index in [1.807, 2.05) is 44.6 Å². The monoisotopic (exact) mass is 358 g/mol. The molecule has 6 heteroatoms. The Balaban J connectivity index is 1.64. The molecule has 1 aromatic heterocycles. The van der Waals surface area contributed by atoms with Gasteiger partial charge in [-0.3, -0.25) is 9.36 Å². The first-order valence-corrected chi connectivity index (χ1v) is 9.13. The average molecular weight is 358 g/mol.